The third kappa shape index (κ3) is 8.45. The standard InChI is InChI=1S/C33H46FNO5/c1-20(2)30-26(16-15-24-17-25(39-33(8,9)38-24)18-28(36)40-32(5,6)7)29(22-11-13-23(34)14-12-22)27(19-37-10)31(35-30)21(3)4/h11-16,20-21,24-25H,17-19H2,1-10H3/b16-15+/t24-,25-/m1/s1/i10D3. The summed E-state index contributed by atoms with van der Waals surface area (Å²) >= 11 is 0. The molecule has 1 aromatic heterocycles. The molecule has 6 nitrogen and oxygen atoms in total. The molecule has 1 aliphatic rings. The number of halogens is 1. The molecule has 40 heavy (non-hydrogen) atoms. The number of aromatic nitrogens is 1. The van der Waals surface area contributed by atoms with Crippen molar-refractivity contribution in [2.75, 3.05) is 7.04 Å². The Balaban J connectivity index is 2.13. The number of nitrogens with zero attached hydrogens (tertiary/aromatic N) is 1. The molecule has 1 aliphatic heterocycles. The minimum atomic E-state index is -2.61. The average molecular weight is 559 g/mol. The summed E-state index contributed by atoms with van der Waals surface area (Å²) < 4.78 is 60.1. The first-order valence-corrected chi connectivity index (χ1v) is 14.0. The largest absolute Gasteiger partial charge is 0.460 e. The lowest BCUT2D eigenvalue weighted by molar-refractivity contribution is -0.290. The monoisotopic (exact) mass is 558 g/mol. The van der Waals surface area contributed by atoms with Crippen LogP contribution in [0, 0.1) is 5.82 Å². The van der Waals surface area contributed by atoms with Gasteiger partial charge in [0.25, 0.3) is 0 Å². The van der Waals surface area contributed by atoms with Crippen LogP contribution < -0.4 is 0 Å². The minimum absolute atomic E-state index is 0.0147. The summed E-state index contributed by atoms with van der Waals surface area (Å²) in [6.45, 7) is 17.0. The number of ether oxygens (including phenoxy) is 4. The van der Waals surface area contributed by atoms with Gasteiger partial charge in [-0.15, -0.1) is 0 Å². The van der Waals surface area contributed by atoms with E-state index in [0.717, 1.165) is 22.5 Å². The van der Waals surface area contributed by atoms with Gasteiger partial charge in [0.15, 0.2) is 5.79 Å². The van der Waals surface area contributed by atoms with Crippen molar-refractivity contribution in [3.05, 3.63) is 58.7 Å². The van der Waals surface area contributed by atoms with Crippen molar-refractivity contribution in [2.24, 2.45) is 0 Å². The van der Waals surface area contributed by atoms with E-state index in [1.54, 1.807) is 12.1 Å². The molecular weight excluding hydrogens is 509 g/mol. The van der Waals surface area contributed by atoms with Crippen LogP contribution in [0.2, 0.25) is 0 Å². The fourth-order valence-corrected chi connectivity index (χ4v) is 5.09. The van der Waals surface area contributed by atoms with Gasteiger partial charge >= 0.3 is 5.97 Å². The maximum absolute atomic E-state index is 14.0. The molecule has 1 fully saturated rings. The fourth-order valence-electron chi connectivity index (χ4n) is 5.09. The lowest BCUT2D eigenvalue weighted by atomic mass is 9.87. The molecule has 0 bridgehead atoms. The first-order chi connectivity index (χ1) is 19.7. The second-order valence-corrected chi connectivity index (χ2v) is 12.4. The lowest BCUT2D eigenvalue weighted by Crippen LogP contribution is -2.45. The summed E-state index contributed by atoms with van der Waals surface area (Å²) in [4.78, 5) is 17.6. The summed E-state index contributed by atoms with van der Waals surface area (Å²) in [7, 11) is -2.61. The Morgan fingerprint density at radius 1 is 1.15 bits per heavy atom. The zero-order chi connectivity index (χ0) is 32.3. The highest BCUT2D eigenvalue weighted by molar-refractivity contribution is 5.80. The van der Waals surface area contributed by atoms with Crippen molar-refractivity contribution in [3.8, 4) is 11.1 Å². The van der Waals surface area contributed by atoms with Crippen LogP contribution in [0.5, 0.6) is 0 Å². The Morgan fingerprint density at radius 3 is 2.38 bits per heavy atom. The molecule has 2 aromatic rings. The number of methoxy groups -OCH3 is 1. The number of benzene rings is 1. The Labute approximate surface area is 243 Å². The van der Waals surface area contributed by atoms with Crippen molar-refractivity contribution in [3.63, 3.8) is 0 Å². The van der Waals surface area contributed by atoms with Crippen molar-refractivity contribution in [2.45, 2.75) is 117 Å². The molecule has 0 saturated carbocycles. The van der Waals surface area contributed by atoms with Crippen LogP contribution in [0.1, 0.15) is 114 Å². The van der Waals surface area contributed by atoms with Crippen molar-refractivity contribution in [1.82, 2.24) is 4.98 Å². The van der Waals surface area contributed by atoms with Crippen LogP contribution >= 0.6 is 0 Å². The maximum Gasteiger partial charge on any atom is 0.308 e. The maximum atomic E-state index is 14.0. The second kappa shape index (κ2) is 12.9. The molecule has 2 heterocycles. The molecule has 0 amide bonds. The highest BCUT2D eigenvalue weighted by atomic mass is 19.1. The molecule has 2 atom stereocenters. The zero-order valence-corrected chi connectivity index (χ0v) is 25.3. The third-order valence-electron chi connectivity index (χ3n) is 6.51. The normalized spacial score (nSPS) is 20.9. The lowest BCUT2D eigenvalue weighted by Gasteiger charge is -2.40. The average Bonchev–Trinajstić information content (AvgIpc) is 2.83. The Bertz CT molecular complexity index is 1300. The summed E-state index contributed by atoms with van der Waals surface area (Å²) in [6.07, 6.45) is 3.55. The fraction of sp³-hybridized carbons (Fsp3) is 0.576. The Morgan fingerprint density at radius 2 is 1.80 bits per heavy atom. The Kier molecular flexibility index (Phi) is 8.90. The van der Waals surface area contributed by atoms with E-state index in [9.17, 15) is 9.18 Å². The van der Waals surface area contributed by atoms with Crippen LogP contribution in [0.3, 0.4) is 0 Å². The van der Waals surface area contributed by atoms with Crippen molar-refractivity contribution in [1.29, 1.82) is 0 Å². The van der Waals surface area contributed by atoms with Crippen molar-refractivity contribution < 1.29 is 32.2 Å². The summed E-state index contributed by atoms with van der Waals surface area (Å²) in [5.74, 6) is -1.68. The predicted molar refractivity (Wildman–Crippen MR) is 156 cm³/mol. The smallest absolute Gasteiger partial charge is 0.308 e. The van der Waals surface area contributed by atoms with E-state index in [2.05, 4.69) is 0 Å². The van der Waals surface area contributed by atoms with Gasteiger partial charge in [0, 0.05) is 30.3 Å². The zero-order valence-electron chi connectivity index (χ0n) is 28.3. The van der Waals surface area contributed by atoms with Gasteiger partial charge in [-0.2, -0.15) is 0 Å². The molecule has 0 unspecified atom stereocenters. The highest BCUT2D eigenvalue weighted by Crippen LogP contribution is 2.38. The summed E-state index contributed by atoms with van der Waals surface area (Å²) in [5.41, 5.74) is 3.80. The molecule has 1 aromatic carbocycles. The van der Waals surface area contributed by atoms with E-state index < -0.39 is 30.6 Å². The molecular formula is C33H46FNO5. The van der Waals surface area contributed by atoms with E-state index in [4.69, 9.17) is 28.0 Å². The summed E-state index contributed by atoms with van der Waals surface area (Å²) in [6, 6.07) is 6.13. The number of esters is 1. The van der Waals surface area contributed by atoms with E-state index in [1.807, 2.05) is 74.5 Å². The van der Waals surface area contributed by atoms with Crippen LogP contribution in [0.15, 0.2) is 30.3 Å². The predicted octanol–water partition coefficient (Wildman–Crippen LogP) is 7.94. The number of hydrogen-bond acceptors (Lipinski definition) is 6. The van der Waals surface area contributed by atoms with Gasteiger partial charge in [-0.1, -0.05) is 52.0 Å². The number of carbonyl (C=O) groups is 1. The van der Waals surface area contributed by atoms with Crippen LogP contribution in [-0.4, -0.2) is 41.6 Å². The number of hydrogen-bond donors (Lipinski definition) is 0. The molecule has 0 radical (unpaired) electrons. The molecule has 0 aliphatic carbocycles. The molecule has 0 N–H and O–H groups in total. The van der Waals surface area contributed by atoms with Gasteiger partial charge in [-0.25, -0.2) is 4.39 Å². The van der Waals surface area contributed by atoms with E-state index in [0.29, 0.717) is 17.5 Å². The van der Waals surface area contributed by atoms with Crippen LogP contribution in [0.25, 0.3) is 17.2 Å². The molecule has 1 saturated heterocycles. The highest BCUT2D eigenvalue weighted by Gasteiger charge is 2.36. The SMILES string of the molecule is [2H]C([2H])([2H])OCc1c(C(C)C)nc(C(C)C)c(/C=C/[C@@H]2C[C@H](CC(=O)OC(C)(C)C)OC(C)(C)O2)c1-c1ccc(F)cc1. The molecule has 220 valence electrons. The number of pyridine rings is 1. The molecule has 7 heteroatoms. The quantitative estimate of drug-likeness (QED) is 0.291. The van der Waals surface area contributed by atoms with E-state index >= 15 is 0 Å². The molecule has 0 spiro atoms. The third-order valence-corrected chi connectivity index (χ3v) is 6.51. The van der Waals surface area contributed by atoms with Gasteiger partial charge in [0.1, 0.15) is 11.4 Å². The second-order valence-electron chi connectivity index (χ2n) is 12.4. The first kappa shape index (κ1) is 27.6. The van der Waals surface area contributed by atoms with Gasteiger partial charge in [-0.3, -0.25) is 9.78 Å². The first-order valence-electron chi connectivity index (χ1n) is 15.5. The Hall–Kier alpha value is -2.61. The van der Waals surface area contributed by atoms with E-state index in [1.165, 1.54) is 12.1 Å². The minimum Gasteiger partial charge on any atom is -0.460 e. The molecule has 3 rings (SSSR count). The van der Waals surface area contributed by atoms with E-state index in [-0.39, 0.29) is 36.7 Å². The van der Waals surface area contributed by atoms with Crippen LogP contribution in [0.4, 0.5) is 4.39 Å². The van der Waals surface area contributed by atoms with Gasteiger partial charge in [-0.05, 0) is 69.7 Å². The van der Waals surface area contributed by atoms with Gasteiger partial charge in [0.05, 0.1) is 35.0 Å². The number of rotatable bonds is 9. The van der Waals surface area contributed by atoms with Gasteiger partial charge < -0.3 is 18.9 Å². The van der Waals surface area contributed by atoms with Crippen molar-refractivity contribution >= 4 is 12.0 Å². The topological polar surface area (TPSA) is 66.9 Å². The van der Waals surface area contributed by atoms with Crippen LogP contribution in [-0.2, 0) is 30.3 Å². The van der Waals surface area contributed by atoms with Gasteiger partial charge in [0.2, 0.25) is 0 Å². The summed E-state index contributed by atoms with van der Waals surface area (Å²) in [5, 5.41) is 0. The number of carbonyl (C=O) groups excluding carboxylic acids is 1.